The standard InChI is InChI=1S/C9H5N3O2/c10-4-8-6-2-1-5(9(13)14)3-7(6)11-12-8/h1-3H,(H,11,12)(H,13,14). The number of nitrogens with zero attached hydrogens (tertiary/aromatic N) is 2. The number of H-pyrrole nitrogens is 1. The van der Waals surface area contributed by atoms with Crippen molar-refractivity contribution in [3.8, 4) is 6.07 Å². The van der Waals surface area contributed by atoms with Crippen molar-refractivity contribution in [1.82, 2.24) is 10.2 Å². The molecule has 5 nitrogen and oxygen atoms in total. The Morgan fingerprint density at radius 2 is 2.36 bits per heavy atom. The second kappa shape index (κ2) is 2.85. The van der Waals surface area contributed by atoms with Crippen molar-refractivity contribution in [1.29, 1.82) is 5.26 Å². The number of hydrogen-bond acceptors (Lipinski definition) is 3. The van der Waals surface area contributed by atoms with Crippen molar-refractivity contribution in [3.63, 3.8) is 0 Å². The summed E-state index contributed by atoms with van der Waals surface area (Å²) < 4.78 is 0. The Morgan fingerprint density at radius 3 is 3.00 bits per heavy atom. The first-order chi connectivity index (χ1) is 6.72. The van der Waals surface area contributed by atoms with E-state index < -0.39 is 5.97 Å². The number of benzene rings is 1. The number of aromatic nitrogens is 2. The maximum atomic E-state index is 10.6. The zero-order valence-electron chi connectivity index (χ0n) is 6.98. The highest BCUT2D eigenvalue weighted by Gasteiger charge is 2.08. The number of rotatable bonds is 1. The van der Waals surface area contributed by atoms with Crippen LogP contribution in [0.5, 0.6) is 0 Å². The van der Waals surface area contributed by atoms with Crippen molar-refractivity contribution in [2.45, 2.75) is 0 Å². The van der Waals surface area contributed by atoms with Crippen LogP contribution in [-0.2, 0) is 0 Å². The molecule has 2 N–H and O–H groups in total. The largest absolute Gasteiger partial charge is 0.478 e. The minimum atomic E-state index is -1.000. The number of hydrogen-bond donors (Lipinski definition) is 2. The van der Waals surface area contributed by atoms with Crippen molar-refractivity contribution in [3.05, 3.63) is 29.5 Å². The van der Waals surface area contributed by atoms with Crippen LogP contribution >= 0.6 is 0 Å². The fourth-order valence-corrected chi connectivity index (χ4v) is 1.24. The van der Waals surface area contributed by atoms with Crippen LogP contribution in [0.2, 0.25) is 0 Å². The van der Waals surface area contributed by atoms with Gasteiger partial charge in [-0.2, -0.15) is 10.4 Å². The Kier molecular flexibility index (Phi) is 1.68. The Morgan fingerprint density at radius 1 is 1.57 bits per heavy atom. The van der Waals surface area contributed by atoms with Gasteiger partial charge in [-0.1, -0.05) is 0 Å². The molecule has 1 aromatic carbocycles. The van der Waals surface area contributed by atoms with Crippen LogP contribution in [0, 0.1) is 11.3 Å². The van der Waals surface area contributed by atoms with Crippen molar-refractivity contribution >= 4 is 16.9 Å². The van der Waals surface area contributed by atoms with Crippen LogP contribution in [0.25, 0.3) is 10.9 Å². The molecule has 0 amide bonds. The molecule has 0 bridgehead atoms. The normalized spacial score (nSPS) is 9.93. The number of carboxylic acid groups (broad SMARTS) is 1. The molecule has 5 heteroatoms. The van der Waals surface area contributed by atoms with Gasteiger partial charge in [-0.25, -0.2) is 4.79 Å². The average molecular weight is 187 g/mol. The molecular formula is C9H5N3O2. The summed E-state index contributed by atoms with van der Waals surface area (Å²) in [5.41, 5.74) is 1.00. The van der Waals surface area contributed by atoms with E-state index >= 15 is 0 Å². The number of aromatic amines is 1. The molecule has 0 radical (unpaired) electrons. The summed E-state index contributed by atoms with van der Waals surface area (Å²) in [6, 6.07) is 6.37. The van der Waals surface area contributed by atoms with E-state index in [1.165, 1.54) is 12.1 Å². The number of aromatic carboxylic acids is 1. The van der Waals surface area contributed by atoms with Gasteiger partial charge in [-0.3, -0.25) is 5.10 Å². The Balaban J connectivity index is 2.70. The molecule has 0 saturated heterocycles. The maximum absolute atomic E-state index is 10.6. The molecule has 2 aromatic rings. The third kappa shape index (κ3) is 1.10. The van der Waals surface area contributed by atoms with Crippen LogP contribution in [0.15, 0.2) is 18.2 Å². The summed E-state index contributed by atoms with van der Waals surface area (Å²) in [5.74, 6) is -1.000. The summed E-state index contributed by atoms with van der Waals surface area (Å²) in [7, 11) is 0. The predicted molar refractivity (Wildman–Crippen MR) is 47.8 cm³/mol. The van der Waals surface area contributed by atoms with E-state index in [0.29, 0.717) is 10.9 Å². The van der Waals surface area contributed by atoms with Gasteiger partial charge in [0.2, 0.25) is 0 Å². The quantitative estimate of drug-likeness (QED) is 0.700. The average Bonchev–Trinajstić information content (AvgIpc) is 2.59. The Bertz CT molecular complexity index is 551. The SMILES string of the molecule is N#Cc1n[nH]c2cc(C(=O)O)ccc12. The van der Waals surface area contributed by atoms with Gasteiger partial charge in [-0.15, -0.1) is 0 Å². The summed E-state index contributed by atoms with van der Waals surface area (Å²) >= 11 is 0. The Labute approximate surface area is 78.6 Å². The lowest BCUT2D eigenvalue weighted by atomic mass is 10.1. The molecule has 0 aliphatic rings. The van der Waals surface area contributed by atoms with E-state index in [2.05, 4.69) is 10.2 Å². The maximum Gasteiger partial charge on any atom is 0.335 e. The topological polar surface area (TPSA) is 89.8 Å². The van der Waals surface area contributed by atoms with E-state index in [9.17, 15) is 4.79 Å². The van der Waals surface area contributed by atoms with Crippen LogP contribution in [-0.4, -0.2) is 21.3 Å². The number of nitrogens with one attached hydrogen (secondary N) is 1. The third-order valence-electron chi connectivity index (χ3n) is 1.92. The van der Waals surface area contributed by atoms with Crippen molar-refractivity contribution in [2.75, 3.05) is 0 Å². The summed E-state index contributed by atoms with van der Waals surface area (Å²) in [4.78, 5) is 10.6. The fraction of sp³-hybridized carbons (Fsp3) is 0. The van der Waals surface area contributed by atoms with E-state index in [1.807, 2.05) is 6.07 Å². The van der Waals surface area contributed by atoms with Gasteiger partial charge in [0, 0.05) is 5.39 Å². The second-order valence-electron chi connectivity index (χ2n) is 2.75. The molecule has 2 rings (SSSR count). The number of carbonyl (C=O) groups is 1. The second-order valence-corrected chi connectivity index (χ2v) is 2.75. The first-order valence-electron chi connectivity index (χ1n) is 3.84. The van der Waals surface area contributed by atoms with Crippen LogP contribution < -0.4 is 0 Å². The monoisotopic (exact) mass is 187 g/mol. The molecule has 0 saturated carbocycles. The number of fused-ring (bicyclic) bond motifs is 1. The first kappa shape index (κ1) is 8.26. The van der Waals surface area contributed by atoms with E-state index in [-0.39, 0.29) is 11.3 Å². The van der Waals surface area contributed by atoms with Gasteiger partial charge in [0.1, 0.15) is 6.07 Å². The molecule has 0 aliphatic carbocycles. The molecule has 0 atom stereocenters. The van der Waals surface area contributed by atoms with Gasteiger partial charge < -0.3 is 5.11 Å². The molecular weight excluding hydrogens is 182 g/mol. The smallest absolute Gasteiger partial charge is 0.335 e. The number of nitriles is 1. The van der Waals surface area contributed by atoms with Gasteiger partial charge >= 0.3 is 5.97 Å². The molecule has 1 heterocycles. The third-order valence-corrected chi connectivity index (χ3v) is 1.92. The molecule has 0 fully saturated rings. The summed E-state index contributed by atoms with van der Waals surface area (Å²) in [6.07, 6.45) is 0. The number of carboxylic acids is 1. The summed E-state index contributed by atoms with van der Waals surface area (Å²) in [6.45, 7) is 0. The van der Waals surface area contributed by atoms with E-state index in [0.717, 1.165) is 0 Å². The molecule has 68 valence electrons. The Hall–Kier alpha value is -2.35. The van der Waals surface area contributed by atoms with Crippen molar-refractivity contribution < 1.29 is 9.90 Å². The fourth-order valence-electron chi connectivity index (χ4n) is 1.24. The molecule has 0 aliphatic heterocycles. The minimum absolute atomic E-state index is 0.172. The van der Waals surface area contributed by atoms with Crippen LogP contribution in [0.4, 0.5) is 0 Å². The molecule has 1 aromatic heterocycles. The van der Waals surface area contributed by atoms with Gasteiger partial charge in [0.25, 0.3) is 0 Å². The van der Waals surface area contributed by atoms with Crippen molar-refractivity contribution in [2.24, 2.45) is 0 Å². The molecule has 0 spiro atoms. The highest BCUT2D eigenvalue weighted by Crippen LogP contribution is 2.16. The zero-order chi connectivity index (χ0) is 10.1. The zero-order valence-corrected chi connectivity index (χ0v) is 6.98. The minimum Gasteiger partial charge on any atom is -0.478 e. The van der Waals surface area contributed by atoms with Gasteiger partial charge in [-0.05, 0) is 18.2 Å². The molecule has 0 unspecified atom stereocenters. The van der Waals surface area contributed by atoms with E-state index in [1.54, 1.807) is 6.07 Å². The van der Waals surface area contributed by atoms with Crippen LogP contribution in [0.1, 0.15) is 16.1 Å². The lowest BCUT2D eigenvalue weighted by Gasteiger charge is -1.92. The van der Waals surface area contributed by atoms with Gasteiger partial charge in [0.15, 0.2) is 5.69 Å². The first-order valence-corrected chi connectivity index (χ1v) is 3.84. The molecule has 14 heavy (non-hydrogen) atoms. The van der Waals surface area contributed by atoms with Gasteiger partial charge in [0.05, 0.1) is 11.1 Å². The lowest BCUT2D eigenvalue weighted by molar-refractivity contribution is 0.0697. The highest BCUT2D eigenvalue weighted by molar-refractivity contribution is 5.94. The highest BCUT2D eigenvalue weighted by atomic mass is 16.4. The summed E-state index contributed by atoms with van der Waals surface area (Å²) in [5, 5.41) is 24.3. The van der Waals surface area contributed by atoms with E-state index in [4.69, 9.17) is 10.4 Å². The predicted octanol–water partition coefficient (Wildman–Crippen LogP) is 1.13. The van der Waals surface area contributed by atoms with Crippen LogP contribution in [0.3, 0.4) is 0 Å². The lowest BCUT2D eigenvalue weighted by Crippen LogP contribution is -1.94.